The highest BCUT2D eigenvalue weighted by Crippen LogP contribution is 2.17. The standard InChI is InChI=1S/C13H16FO/c1-3-4-5-7-12-11(10(2)15)8-6-9-13(12)14/h3,6,8-9H,4-5,7H2,1-2H3. The zero-order chi connectivity index (χ0) is 11.3. The van der Waals surface area contributed by atoms with Crippen LogP contribution in [0.3, 0.4) is 0 Å². The molecule has 0 bridgehead atoms. The molecule has 0 fully saturated rings. The van der Waals surface area contributed by atoms with Gasteiger partial charge in [0.2, 0.25) is 0 Å². The van der Waals surface area contributed by atoms with Crippen LogP contribution in [0.2, 0.25) is 0 Å². The van der Waals surface area contributed by atoms with Crippen LogP contribution in [-0.4, -0.2) is 5.78 Å². The lowest BCUT2D eigenvalue weighted by molar-refractivity contribution is 0.101. The van der Waals surface area contributed by atoms with Crippen molar-refractivity contribution in [3.8, 4) is 0 Å². The second kappa shape index (κ2) is 5.64. The second-order valence-electron chi connectivity index (χ2n) is 3.62. The minimum atomic E-state index is -0.265. The Morgan fingerprint density at radius 2 is 2.20 bits per heavy atom. The number of carbonyl (C=O) groups is 1. The van der Waals surface area contributed by atoms with E-state index in [4.69, 9.17) is 0 Å². The van der Waals surface area contributed by atoms with Gasteiger partial charge in [-0.2, -0.15) is 0 Å². The summed E-state index contributed by atoms with van der Waals surface area (Å²) >= 11 is 0. The Balaban J connectivity index is 2.87. The molecule has 0 saturated carbocycles. The summed E-state index contributed by atoms with van der Waals surface area (Å²) in [7, 11) is 0. The SMILES string of the molecule is C[CH]CCCc1c(F)cccc1C(C)=O. The summed E-state index contributed by atoms with van der Waals surface area (Å²) in [4.78, 5) is 11.3. The Morgan fingerprint density at radius 1 is 1.47 bits per heavy atom. The predicted molar refractivity (Wildman–Crippen MR) is 59.3 cm³/mol. The van der Waals surface area contributed by atoms with Gasteiger partial charge >= 0.3 is 0 Å². The van der Waals surface area contributed by atoms with Gasteiger partial charge in [0.15, 0.2) is 5.78 Å². The molecule has 0 atom stereocenters. The van der Waals surface area contributed by atoms with Crippen molar-refractivity contribution in [1.29, 1.82) is 0 Å². The van der Waals surface area contributed by atoms with E-state index in [1.807, 2.05) is 13.3 Å². The summed E-state index contributed by atoms with van der Waals surface area (Å²) in [6, 6.07) is 4.69. The lowest BCUT2D eigenvalue weighted by Gasteiger charge is -2.07. The first kappa shape index (κ1) is 11.9. The quantitative estimate of drug-likeness (QED) is 0.533. The van der Waals surface area contributed by atoms with Crippen molar-refractivity contribution in [2.24, 2.45) is 0 Å². The number of halogens is 1. The topological polar surface area (TPSA) is 17.1 Å². The first-order valence-electron chi connectivity index (χ1n) is 5.23. The monoisotopic (exact) mass is 207 g/mol. The van der Waals surface area contributed by atoms with Gasteiger partial charge < -0.3 is 0 Å². The molecule has 0 saturated heterocycles. The molecule has 0 aliphatic heterocycles. The fourth-order valence-corrected chi connectivity index (χ4v) is 1.63. The van der Waals surface area contributed by atoms with Crippen LogP contribution in [0.5, 0.6) is 0 Å². The van der Waals surface area contributed by atoms with Crippen molar-refractivity contribution in [1.82, 2.24) is 0 Å². The Labute approximate surface area is 90.3 Å². The average molecular weight is 207 g/mol. The molecule has 81 valence electrons. The van der Waals surface area contributed by atoms with E-state index in [1.54, 1.807) is 12.1 Å². The van der Waals surface area contributed by atoms with Crippen molar-refractivity contribution < 1.29 is 9.18 Å². The Hall–Kier alpha value is -1.18. The third kappa shape index (κ3) is 3.15. The molecule has 0 aliphatic rings. The molecule has 15 heavy (non-hydrogen) atoms. The van der Waals surface area contributed by atoms with Gasteiger partial charge in [-0.1, -0.05) is 25.5 Å². The minimum absolute atomic E-state index is 0.0648. The van der Waals surface area contributed by atoms with Crippen LogP contribution < -0.4 is 0 Å². The fraction of sp³-hybridized carbons (Fsp3) is 0.385. The number of rotatable bonds is 5. The van der Waals surface area contributed by atoms with E-state index in [0.717, 1.165) is 12.8 Å². The van der Waals surface area contributed by atoms with Gasteiger partial charge in [-0.3, -0.25) is 4.79 Å². The van der Waals surface area contributed by atoms with E-state index in [0.29, 0.717) is 17.5 Å². The third-order valence-corrected chi connectivity index (χ3v) is 2.42. The largest absolute Gasteiger partial charge is 0.294 e. The first-order chi connectivity index (χ1) is 7.16. The van der Waals surface area contributed by atoms with E-state index in [2.05, 4.69) is 0 Å². The maximum absolute atomic E-state index is 13.5. The zero-order valence-corrected chi connectivity index (χ0v) is 9.22. The van der Waals surface area contributed by atoms with Crippen LogP contribution >= 0.6 is 0 Å². The Morgan fingerprint density at radius 3 is 2.80 bits per heavy atom. The van der Waals surface area contributed by atoms with Gasteiger partial charge in [0.25, 0.3) is 0 Å². The summed E-state index contributed by atoms with van der Waals surface area (Å²) < 4.78 is 13.5. The van der Waals surface area contributed by atoms with Crippen molar-refractivity contribution in [2.75, 3.05) is 0 Å². The summed E-state index contributed by atoms with van der Waals surface area (Å²) in [5.74, 6) is -0.330. The van der Waals surface area contributed by atoms with Crippen LogP contribution in [0.15, 0.2) is 18.2 Å². The molecular weight excluding hydrogens is 191 g/mol. The van der Waals surface area contributed by atoms with Crippen molar-refractivity contribution in [3.05, 3.63) is 41.6 Å². The average Bonchev–Trinajstić information content (AvgIpc) is 2.20. The Kier molecular flexibility index (Phi) is 4.47. The van der Waals surface area contributed by atoms with E-state index in [1.165, 1.54) is 13.0 Å². The molecule has 2 heteroatoms. The maximum Gasteiger partial charge on any atom is 0.160 e. The summed E-state index contributed by atoms with van der Waals surface area (Å²) in [5.41, 5.74) is 1.08. The molecule has 0 aromatic heterocycles. The van der Waals surface area contributed by atoms with E-state index in [9.17, 15) is 9.18 Å². The Bertz CT molecular complexity index is 344. The number of hydrogen-bond acceptors (Lipinski definition) is 1. The van der Waals surface area contributed by atoms with Gasteiger partial charge in [-0.25, -0.2) is 4.39 Å². The maximum atomic E-state index is 13.5. The molecule has 0 amide bonds. The third-order valence-electron chi connectivity index (χ3n) is 2.42. The molecule has 1 rings (SSSR count). The van der Waals surface area contributed by atoms with E-state index < -0.39 is 0 Å². The van der Waals surface area contributed by atoms with E-state index >= 15 is 0 Å². The molecule has 0 spiro atoms. The molecular formula is C13H16FO. The van der Waals surface area contributed by atoms with Gasteiger partial charge in [0.1, 0.15) is 5.82 Å². The zero-order valence-electron chi connectivity index (χ0n) is 9.22. The number of benzene rings is 1. The van der Waals surface area contributed by atoms with Gasteiger partial charge in [0.05, 0.1) is 0 Å². The van der Waals surface area contributed by atoms with Gasteiger partial charge in [0, 0.05) is 5.56 Å². The summed E-state index contributed by atoms with van der Waals surface area (Å²) in [5, 5.41) is 0. The molecule has 1 radical (unpaired) electrons. The highest BCUT2D eigenvalue weighted by Gasteiger charge is 2.10. The smallest absolute Gasteiger partial charge is 0.160 e. The van der Waals surface area contributed by atoms with Crippen molar-refractivity contribution >= 4 is 5.78 Å². The van der Waals surface area contributed by atoms with Crippen LogP contribution in [0.1, 0.15) is 42.6 Å². The molecule has 0 N–H and O–H groups in total. The van der Waals surface area contributed by atoms with Crippen LogP contribution in [0.4, 0.5) is 4.39 Å². The first-order valence-corrected chi connectivity index (χ1v) is 5.23. The van der Waals surface area contributed by atoms with Gasteiger partial charge in [-0.15, -0.1) is 0 Å². The molecule has 0 heterocycles. The molecule has 0 aliphatic carbocycles. The number of carbonyl (C=O) groups excluding carboxylic acids is 1. The summed E-state index contributed by atoms with van der Waals surface area (Å²) in [6.45, 7) is 3.46. The predicted octanol–water partition coefficient (Wildman–Crippen LogP) is 3.58. The lowest BCUT2D eigenvalue weighted by Crippen LogP contribution is -2.02. The second-order valence-corrected chi connectivity index (χ2v) is 3.62. The summed E-state index contributed by atoms with van der Waals surface area (Å²) in [6.07, 6.45) is 4.52. The highest BCUT2D eigenvalue weighted by atomic mass is 19.1. The molecule has 1 aromatic carbocycles. The van der Waals surface area contributed by atoms with Crippen molar-refractivity contribution in [3.63, 3.8) is 0 Å². The number of hydrogen-bond donors (Lipinski definition) is 0. The minimum Gasteiger partial charge on any atom is -0.294 e. The number of Topliss-reactive ketones (excluding diaryl/α,β-unsaturated/α-hetero) is 1. The molecule has 0 unspecified atom stereocenters. The number of unbranched alkanes of at least 4 members (excludes halogenated alkanes) is 2. The lowest BCUT2D eigenvalue weighted by atomic mass is 9.98. The van der Waals surface area contributed by atoms with Crippen LogP contribution in [0, 0.1) is 12.2 Å². The van der Waals surface area contributed by atoms with E-state index in [-0.39, 0.29) is 11.6 Å². The normalized spacial score (nSPS) is 10.3. The van der Waals surface area contributed by atoms with Crippen LogP contribution in [-0.2, 0) is 6.42 Å². The molecule has 1 nitrogen and oxygen atoms in total. The van der Waals surface area contributed by atoms with Gasteiger partial charge in [-0.05, 0) is 37.8 Å². The van der Waals surface area contributed by atoms with Crippen molar-refractivity contribution in [2.45, 2.75) is 33.1 Å². The number of ketones is 1. The highest BCUT2D eigenvalue weighted by molar-refractivity contribution is 5.95. The fourth-order valence-electron chi connectivity index (χ4n) is 1.63. The van der Waals surface area contributed by atoms with Crippen LogP contribution in [0.25, 0.3) is 0 Å². The molecule has 1 aromatic rings.